The molecule has 26 heavy (non-hydrogen) atoms. The second kappa shape index (κ2) is 5.66. The predicted octanol–water partition coefficient (Wildman–Crippen LogP) is 2.47. The zero-order valence-electron chi connectivity index (χ0n) is 14.8. The van der Waals surface area contributed by atoms with Gasteiger partial charge in [-0.25, -0.2) is 0 Å². The highest BCUT2D eigenvalue weighted by Gasteiger charge is 2.32. The number of nitrogens with zero attached hydrogens (tertiary/aromatic N) is 1. The Labute approximate surface area is 149 Å². The number of amides is 1. The van der Waals surface area contributed by atoms with Crippen molar-refractivity contribution in [2.24, 2.45) is 13.0 Å². The molecule has 4 N–H and O–H groups in total. The van der Waals surface area contributed by atoms with Gasteiger partial charge < -0.3 is 25.3 Å². The number of hydrogen-bond donors (Lipinski definition) is 3. The van der Waals surface area contributed by atoms with Gasteiger partial charge in [0.1, 0.15) is 5.52 Å². The van der Waals surface area contributed by atoms with Gasteiger partial charge in [-0.15, -0.1) is 0 Å². The lowest BCUT2D eigenvalue weighted by atomic mass is 9.98. The van der Waals surface area contributed by atoms with E-state index in [0.29, 0.717) is 22.6 Å². The number of aromatic nitrogens is 2. The van der Waals surface area contributed by atoms with E-state index in [1.807, 2.05) is 19.9 Å². The van der Waals surface area contributed by atoms with Crippen LogP contribution in [0.3, 0.4) is 0 Å². The number of nitrogens with two attached hydrogens (primary N) is 1. The van der Waals surface area contributed by atoms with Crippen LogP contribution in [-0.2, 0) is 11.8 Å². The second-order valence-corrected chi connectivity index (χ2v) is 6.94. The summed E-state index contributed by atoms with van der Waals surface area (Å²) >= 11 is 0. The summed E-state index contributed by atoms with van der Waals surface area (Å²) in [6, 6.07) is 5.34. The molecule has 0 saturated carbocycles. The maximum atomic E-state index is 12.3. The van der Waals surface area contributed by atoms with Crippen LogP contribution in [0.5, 0.6) is 5.75 Å². The molecule has 7 heteroatoms. The first kappa shape index (κ1) is 16.3. The van der Waals surface area contributed by atoms with E-state index >= 15 is 0 Å². The number of benzene rings is 1. The lowest BCUT2D eigenvalue weighted by Crippen LogP contribution is -2.40. The van der Waals surface area contributed by atoms with Crippen molar-refractivity contribution in [1.82, 2.24) is 9.55 Å². The van der Waals surface area contributed by atoms with E-state index in [0.717, 1.165) is 16.5 Å². The number of carbonyl (C=O) groups is 1. The minimum atomic E-state index is -0.584. The molecule has 1 atom stereocenters. The van der Waals surface area contributed by atoms with E-state index in [1.54, 1.807) is 31.6 Å². The predicted molar refractivity (Wildman–Crippen MR) is 101 cm³/mol. The van der Waals surface area contributed by atoms with Gasteiger partial charge in [0.05, 0.1) is 5.69 Å². The van der Waals surface area contributed by atoms with E-state index in [1.165, 1.54) is 4.57 Å². The van der Waals surface area contributed by atoms with Crippen LogP contribution in [0.1, 0.15) is 13.8 Å². The van der Waals surface area contributed by atoms with Gasteiger partial charge in [-0.1, -0.05) is 13.8 Å². The quantitative estimate of drug-likeness (QED) is 0.617. The van der Waals surface area contributed by atoms with Gasteiger partial charge in [0, 0.05) is 41.6 Å². The van der Waals surface area contributed by atoms with Crippen LogP contribution in [0, 0.1) is 5.92 Å². The minimum Gasteiger partial charge on any atom is -0.477 e. The smallest absolute Gasteiger partial charge is 0.274 e. The van der Waals surface area contributed by atoms with Crippen molar-refractivity contribution in [3.05, 3.63) is 40.9 Å². The Hall–Kier alpha value is -3.22. The van der Waals surface area contributed by atoms with Crippen LogP contribution in [0.2, 0.25) is 0 Å². The summed E-state index contributed by atoms with van der Waals surface area (Å²) in [5, 5.41) is 3.67. The van der Waals surface area contributed by atoms with Gasteiger partial charge in [-0.05, 0) is 24.1 Å². The van der Waals surface area contributed by atoms with Crippen molar-refractivity contribution < 1.29 is 9.53 Å². The molecule has 2 aromatic heterocycles. The number of nitrogen functional groups attached to an aromatic ring is 1. The molecule has 0 spiro atoms. The summed E-state index contributed by atoms with van der Waals surface area (Å²) in [6.07, 6.45) is 2.91. The molecule has 1 aliphatic heterocycles. The molecule has 0 radical (unpaired) electrons. The molecule has 0 saturated heterocycles. The molecule has 0 aliphatic carbocycles. The van der Waals surface area contributed by atoms with E-state index in [9.17, 15) is 9.59 Å². The van der Waals surface area contributed by atoms with E-state index in [-0.39, 0.29) is 17.4 Å². The van der Waals surface area contributed by atoms with Crippen LogP contribution in [-0.4, -0.2) is 21.6 Å². The second-order valence-electron chi connectivity index (χ2n) is 6.94. The third-order valence-electron chi connectivity index (χ3n) is 4.66. The fourth-order valence-electron chi connectivity index (χ4n) is 3.38. The molecule has 4 rings (SSSR count). The molecule has 1 amide bonds. The zero-order chi connectivity index (χ0) is 18.6. The third-order valence-corrected chi connectivity index (χ3v) is 4.66. The monoisotopic (exact) mass is 352 g/mol. The van der Waals surface area contributed by atoms with Gasteiger partial charge >= 0.3 is 0 Å². The largest absolute Gasteiger partial charge is 0.477 e. The number of aryl methyl sites for hydroxylation is 1. The number of aromatic amines is 1. The molecule has 0 fully saturated rings. The van der Waals surface area contributed by atoms with Crippen LogP contribution >= 0.6 is 0 Å². The Morgan fingerprint density at radius 2 is 2.00 bits per heavy atom. The Morgan fingerprint density at radius 3 is 2.73 bits per heavy atom. The number of carbonyl (C=O) groups excluding carboxylic acids is 1. The van der Waals surface area contributed by atoms with E-state index < -0.39 is 6.10 Å². The van der Waals surface area contributed by atoms with Gasteiger partial charge in [-0.2, -0.15) is 0 Å². The van der Waals surface area contributed by atoms with Gasteiger partial charge in [0.25, 0.3) is 11.5 Å². The molecule has 0 bridgehead atoms. The molecule has 3 heterocycles. The van der Waals surface area contributed by atoms with Gasteiger partial charge in [0.2, 0.25) is 0 Å². The maximum Gasteiger partial charge on any atom is 0.274 e. The molecular formula is C19H20N4O3. The zero-order valence-corrected chi connectivity index (χ0v) is 14.8. The van der Waals surface area contributed by atoms with E-state index in [2.05, 4.69) is 10.3 Å². The van der Waals surface area contributed by atoms with E-state index in [4.69, 9.17) is 10.5 Å². The van der Waals surface area contributed by atoms with Crippen LogP contribution in [0.15, 0.2) is 35.4 Å². The fraction of sp³-hybridized carbons (Fsp3) is 0.263. The fourth-order valence-corrected chi connectivity index (χ4v) is 3.38. The number of rotatable bonds is 2. The molecule has 134 valence electrons. The number of fused-ring (bicyclic) bond motifs is 2. The number of nitrogens with one attached hydrogen (secondary N) is 2. The first-order valence-corrected chi connectivity index (χ1v) is 8.45. The van der Waals surface area contributed by atoms with Crippen molar-refractivity contribution in [2.45, 2.75) is 20.0 Å². The van der Waals surface area contributed by atoms with Crippen molar-refractivity contribution in [3.8, 4) is 16.9 Å². The number of ether oxygens (including phenoxy) is 1. The average Bonchev–Trinajstić information content (AvgIpc) is 3.06. The Morgan fingerprint density at radius 1 is 1.23 bits per heavy atom. The minimum absolute atomic E-state index is 0.0148. The summed E-state index contributed by atoms with van der Waals surface area (Å²) in [7, 11) is 1.70. The van der Waals surface area contributed by atoms with Gasteiger partial charge in [-0.3, -0.25) is 9.59 Å². The maximum absolute atomic E-state index is 12.3. The van der Waals surface area contributed by atoms with Crippen LogP contribution in [0.25, 0.3) is 22.0 Å². The number of anilines is 2. The first-order valence-electron chi connectivity index (χ1n) is 8.45. The SMILES string of the molecule is CC(C)C1Oc2c(cc(N)cc2-c2cn(C)c(=O)c3[nH]ccc23)NC1=O. The average molecular weight is 352 g/mol. The van der Waals surface area contributed by atoms with Crippen molar-refractivity contribution in [1.29, 1.82) is 0 Å². The number of H-pyrrole nitrogens is 1. The Bertz CT molecular complexity index is 1090. The molecule has 1 aromatic carbocycles. The Balaban J connectivity index is 2.00. The highest BCUT2D eigenvalue weighted by molar-refractivity contribution is 6.03. The molecular weight excluding hydrogens is 332 g/mol. The first-order chi connectivity index (χ1) is 12.4. The Kier molecular flexibility index (Phi) is 3.54. The lowest BCUT2D eigenvalue weighted by Gasteiger charge is -2.30. The molecule has 3 aromatic rings. The lowest BCUT2D eigenvalue weighted by molar-refractivity contribution is -0.125. The highest BCUT2D eigenvalue weighted by atomic mass is 16.5. The summed E-state index contributed by atoms with van der Waals surface area (Å²) in [5.41, 5.74) is 9.07. The molecule has 7 nitrogen and oxygen atoms in total. The van der Waals surface area contributed by atoms with Gasteiger partial charge in [0.15, 0.2) is 11.9 Å². The molecule has 1 aliphatic rings. The van der Waals surface area contributed by atoms with Crippen molar-refractivity contribution in [3.63, 3.8) is 0 Å². The summed E-state index contributed by atoms with van der Waals surface area (Å²) in [4.78, 5) is 27.6. The van der Waals surface area contributed by atoms with Crippen LogP contribution in [0.4, 0.5) is 11.4 Å². The number of pyridine rings is 1. The van der Waals surface area contributed by atoms with Crippen LogP contribution < -0.4 is 21.3 Å². The summed E-state index contributed by atoms with van der Waals surface area (Å²) in [5.74, 6) is 0.399. The topological polar surface area (TPSA) is 102 Å². The third kappa shape index (κ3) is 2.35. The van der Waals surface area contributed by atoms with Crippen molar-refractivity contribution >= 4 is 28.2 Å². The summed E-state index contributed by atoms with van der Waals surface area (Å²) in [6.45, 7) is 3.87. The highest BCUT2D eigenvalue weighted by Crippen LogP contribution is 2.43. The number of hydrogen-bond acceptors (Lipinski definition) is 4. The summed E-state index contributed by atoms with van der Waals surface area (Å²) < 4.78 is 7.60. The standard InChI is InChI=1S/C19H20N4O3/c1-9(2)16-18(24)22-14-7-10(20)6-12(17(14)26-16)13-8-23(3)19(25)15-11(13)4-5-21-15/h4-9,16,21H,20H2,1-3H3,(H,22,24). The van der Waals surface area contributed by atoms with Crippen molar-refractivity contribution in [2.75, 3.05) is 11.1 Å². The molecule has 1 unspecified atom stereocenters. The normalized spacial score (nSPS) is 16.5.